The third-order valence-corrected chi connectivity index (χ3v) is 4.11. The number of rotatable bonds is 6. The van der Waals surface area contributed by atoms with E-state index in [0.29, 0.717) is 22.7 Å². The molecule has 126 valence electrons. The van der Waals surface area contributed by atoms with Gasteiger partial charge in [-0.25, -0.2) is 0 Å². The first kappa shape index (κ1) is 17.7. The Balaban J connectivity index is 1.95. The summed E-state index contributed by atoms with van der Waals surface area (Å²) in [6.45, 7) is 3.95. The Hall–Kier alpha value is -2.67. The van der Waals surface area contributed by atoms with E-state index < -0.39 is 6.04 Å². The highest BCUT2D eigenvalue weighted by molar-refractivity contribution is 7.12. The Morgan fingerprint density at radius 1 is 1.08 bits per heavy atom. The number of anilines is 1. The van der Waals surface area contributed by atoms with Crippen molar-refractivity contribution in [3.8, 4) is 0 Å². The molecule has 7 heteroatoms. The lowest BCUT2D eigenvalue weighted by molar-refractivity contribution is -0.122. The van der Waals surface area contributed by atoms with Crippen LogP contribution in [0.2, 0.25) is 0 Å². The van der Waals surface area contributed by atoms with Crippen LogP contribution in [-0.2, 0) is 4.79 Å². The molecule has 24 heavy (non-hydrogen) atoms. The average Bonchev–Trinajstić information content (AvgIpc) is 3.10. The fourth-order valence-electron chi connectivity index (χ4n) is 1.98. The van der Waals surface area contributed by atoms with E-state index in [1.165, 1.54) is 11.3 Å². The van der Waals surface area contributed by atoms with Gasteiger partial charge in [0.2, 0.25) is 5.91 Å². The number of likely N-dealkylation sites (N-methyl/N-ethyl adjacent to an activating group) is 1. The van der Waals surface area contributed by atoms with Crippen LogP contribution in [0.15, 0.2) is 41.8 Å². The molecular weight excluding hydrogens is 326 g/mol. The molecule has 1 heterocycles. The number of amides is 3. The predicted octanol–water partition coefficient (Wildman–Crippen LogP) is 2.25. The number of benzene rings is 1. The van der Waals surface area contributed by atoms with Crippen molar-refractivity contribution in [2.75, 3.05) is 11.9 Å². The van der Waals surface area contributed by atoms with Gasteiger partial charge in [0.05, 0.1) is 4.88 Å². The minimum atomic E-state index is -0.615. The number of thiophene rings is 1. The van der Waals surface area contributed by atoms with Gasteiger partial charge in [-0.15, -0.1) is 11.3 Å². The molecule has 6 nitrogen and oxygen atoms in total. The quantitative estimate of drug-likeness (QED) is 0.750. The standard InChI is InChI=1S/C17H19N3O3S/c1-3-18-15(21)11(2)19-16(22)12-6-8-13(9-7-12)20-17(23)14-5-4-10-24-14/h4-11H,3H2,1-2H3,(H,18,21)(H,19,22)(H,20,23)/t11-/m0/s1. The smallest absolute Gasteiger partial charge is 0.265 e. The van der Waals surface area contributed by atoms with E-state index in [-0.39, 0.29) is 17.7 Å². The van der Waals surface area contributed by atoms with Gasteiger partial charge in [0, 0.05) is 17.8 Å². The molecular formula is C17H19N3O3S. The van der Waals surface area contributed by atoms with Crippen molar-refractivity contribution >= 4 is 34.7 Å². The third kappa shape index (κ3) is 4.66. The third-order valence-electron chi connectivity index (χ3n) is 3.24. The zero-order valence-corrected chi connectivity index (χ0v) is 14.3. The van der Waals surface area contributed by atoms with Gasteiger partial charge >= 0.3 is 0 Å². The Morgan fingerprint density at radius 3 is 2.38 bits per heavy atom. The molecule has 0 unspecified atom stereocenters. The molecule has 0 saturated carbocycles. The van der Waals surface area contributed by atoms with Gasteiger partial charge in [0.25, 0.3) is 11.8 Å². The molecule has 0 aliphatic carbocycles. The average molecular weight is 345 g/mol. The van der Waals surface area contributed by atoms with Crippen LogP contribution in [0.25, 0.3) is 0 Å². The van der Waals surface area contributed by atoms with E-state index in [4.69, 9.17) is 0 Å². The van der Waals surface area contributed by atoms with Gasteiger partial charge in [-0.3, -0.25) is 14.4 Å². The topological polar surface area (TPSA) is 87.3 Å². The number of hydrogen-bond donors (Lipinski definition) is 3. The Labute approximate surface area is 144 Å². The van der Waals surface area contributed by atoms with Crippen LogP contribution in [-0.4, -0.2) is 30.3 Å². The largest absolute Gasteiger partial charge is 0.355 e. The minimum absolute atomic E-state index is 0.188. The molecule has 1 aromatic carbocycles. The molecule has 3 N–H and O–H groups in total. The van der Waals surface area contributed by atoms with Gasteiger partial charge in [-0.05, 0) is 49.6 Å². The Bertz CT molecular complexity index is 711. The van der Waals surface area contributed by atoms with Crippen molar-refractivity contribution in [2.24, 2.45) is 0 Å². The molecule has 0 fully saturated rings. The van der Waals surface area contributed by atoms with Crippen LogP contribution in [0.4, 0.5) is 5.69 Å². The SMILES string of the molecule is CCNC(=O)[C@H](C)NC(=O)c1ccc(NC(=O)c2cccs2)cc1. The molecule has 0 radical (unpaired) electrons. The van der Waals surface area contributed by atoms with Crippen molar-refractivity contribution in [3.63, 3.8) is 0 Å². The molecule has 0 spiro atoms. The number of carbonyl (C=O) groups excluding carboxylic acids is 3. The van der Waals surface area contributed by atoms with E-state index >= 15 is 0 Å². The fraction of sp³-hybridized carbons (Fsp3) is 0.235. The summed E-state index contributed by atoms with van der Waals surface area (Å²) in [7, 11) is 0. The first-order valence-electron chi connectivity index (χ1n) is 7.54. The van der Waals surface area contributed by atoms with Gasteiger partial charge in [0.15, 0.2) is 0 Å². The molecule has 0 aliphatic heterocycles. The van der Waals surface area contributed by atoms with Gasteiger partial charge in [-0.2, -0.15) is 0 Å². The van der Waals surface area contributed by atoms with Crippen LogP contribution in [0.1, 0.15) is 33.9 Å². The molecule has 0 bridgehead atoms. The fourth-order valence-corrected chi connectivity index (χ4v) is 2.60. The number of carbonyl (C=O) groups is 3. The summed E-state index contributed by atoms with van der Waals surface area (Å²) in [6, 6.07) is 9.44. The highest BCUT2D eigenvalue weighted by atomic mass is 32.1. The minimum Gasteiger partial charge on any atom is -0.355 e. The lowest BCUT2D eigenvalue weighted by Gasteiger charge is -2.13. The molecule has 0 saturated heterocycles. The van der Waals surface area contributed by atoms with Crippen molar-refractivity contribution < 1.29 is 14.4 Å². The maximum absolute atomic E-state index is 12.1. The lowest BCUT2D eigenvalue weighted by atomic mass is 10.1. The molecule has 3 amide bonds. The first-order valence-corrected chi connectivity index (χ1v) is 8.42. The van der Waals surface area contributed by atoms with E-state index in [2.05, 4.69) is 16.0 Å². The zero-order chi connectivity index (χ0) is 17.5. The Morgan fingerprint density at radius 2 is 1.79 bits per heavy atom. The second kappa shape index (κ2) is 8.26. The second-order valence-electron chi connectivity index (χ2n) is 5.10. The van der Waals surface area contributed by atoms with E-state index in [9.17, 15) is 14.4 Å². The zero-order valence-electron chi connectivity index (χ0n) is 13.5. The van der Waals surface area contributed by atoms with Crippen LogP contribution >= 0.6 is 11.3 Å². The molecule has 2 aromatic rings. The van der Waals surface area contributed by atoms with Crippen molar-refractivity contribution in [3.05, 3.63) is 52.2 Å². The molecule has 1 atom stereocenters. The van der Waals surface area contributed by atoms with E-state index in [1.807, 2.05) is 18.4 Å². The van der Waals surface area contributed by atoms with Crippen molar-refractivity contribution in [2.45, 2.75) is 19.9 Å². The monoisotopic (exact) mass is 345 g/mol. The highest BCUT2D eigenvalue weighted by Gasteiger charge is 2.16. The van der Waals surface area contributed by atoms with Crippen LogP contribution in [0, 0.1) is 0 Å². The maximum Gasteiger partial charge on any atom is 0.265 e. The van der Waals surface area contributed by atoms with Gasteiger partial charge < -0.3 is 16.0 Å². The van der Waals surface area contributed by atoms with Crippen LogP contribution in [0.5, 0.6) is 0 Å². The summed E-state index contributed by atoms with van der Waals surface area (Å²) in [5.41, 5.74) is 1.02. The normalized spacial score (nSPS) is 11.4. The van der Waals surface area contributed by atoms with Gasteiger partial charge in [0.1, 0.15) is 6.04 Å². The molecule has 0 aliphatic rings. The van der Waals surface area contributed by atoms with Crippen LogP contribution < -0.4 is 16.0 Å². The maximum atomic E-state index is 12.1. The highest BCUT2D eigenvalue weighted by Crippen LogP contribution is 2.14. The lowest BCUT2D eigenvalue weighted by Crippen LogP contribution is -2.44. The number of hydrogen-bond acceptors (Lipinski definition) is 4. The summed E-state index contributed by atoms with van der Waals surface area (Å²) in [5, 5.41) is 9.87. The first-order chi connectivity index (χ1) is 11.5. The van der Waals surface area contributed by atoms with Crippen LogP contribution in [0.3, 0.4) is 0 Å². The van der Waals surface area contributed by atoms with Crippen molar-refractivity contribution in [1.82, 2.24) is 10.6 Å². The van der Waals surface area contributed by atoms with E-state index in [1.54, 1.807) is 37.3 Å². The summed E-state index contributed by atoms with van der Waals surface area (Å²) >= 11 is 1.36. The molecule has 2 rings (SSSR count). The second-order valence-corrected chi connectivity index (χ2v) is 6.05. The summed E-state index contributed by atoms with van der Waals surface area (Å²) in [4.78, 5) is 36.3. The molecule has 1 aromatic heterocycles. The summed E-state index contributed by atoms with van der Waals surface area (Å²) < 4.78 is 0. The predicted molar refractivity (Wildman–Crippen MR) is 94.3 cm³/mol. The van der Waals surface area contributed by atoms with Crippen molar-refractivity contribution in [1.29, 1.82) is 0 Å². The summed E-state index contributed by atoms with van der Waals surface area (Å²) in [5.74, 6) is -0.761. The Kier molecular flexibility index (Phi) is 6.08. The number of nitrogens with one attached hydrogen (secondary N) is 3. The van der Waals surface area contributed by atoms with E-state index in [0.717, 1.165) is 0 Å². The summed E-state index contributed by atoms with van der Waals surface area (Å²) in [6.07, 6.45) is 0. The van der Waals surface area contributed by atoms with Gasteiger partial charge in [-0.1, -0.05) is 6.07 Å².